The van der Waals surface area contributed by atoms with Gasteiger partial charge in [-0.3, -0.25) is 9.67 Å². The average Bonchev–Trinajstić information content (AvgIpc) is 2.94. The Morgan fingerprint density at radius 1 is 1.17 bits per heavy atom. The van der Waals surface area contributed by atoms with Crippen molar-refractivity contribution in [3.8, 4) is 0 Å². The first-order valence-corrected chi connectivity index (χ1v) is 8.39. The summed E-state index contributed by atoms with van der Waals surface area (Å²) < 4.78 is 2.20. The quantitative estimate of drug-likeness (QED) is 0.780. The van der Waals surface area contributed by atoms with Crippen LogP contribution in [0.15, 0.2) is 42.6 Å². The summed E-state index contributed by atoms with van der Waals surface area (Å²) in [7, 11) is 0. The Morgan fingerprint density at radius 3 is 2.87 bits per heavy atom. The smallest absolute Gasteiger partial charge is 0.0705 e. The van der Waals surface area contributed by atoms with Crippen molar-refractivity contribution in [3.05, 3.63) is 59.5 Å². The molecular formula is C19H22N4. The molecule has 118 valence electrons. The molecule has 0 aliphatic heterocycles. The molecule has 0 saturated heterocycles. The molecule has 23 heavy (non-hydrogen) atoms. The Labute approximate surface area is 136 Å². The number of pyridine rings is 1. The van der Waals surface area contributed by atoms with Crippen LogP contribution in [0.25, 0.3) is 10.9 Å². The minimum absolute atomic E-state index is 0.617. The lowest BCUT2D eigenvalue weighted by atomic mass is 9.93. The fourth-order valence-corrected chi connectivity index (χ4v) is 3.20. The Bertz CT molecular complexity index is 817. The standard InChI is InChI=1S/C19H22N4/c1-14-16(11-15-5-2-3-8-19(15)22-14)12-20-13-18-9-10-21-23(18)17-6-4-7-17/h2-3,5,8-11,17,20H,4,6-7,12-13H2,1H3. The van der Waals surface area contributed by atoms with E-state index in [4.69, 9.17) is 4.98 Å². The van der Waals surface area contributed by atoms with Gasteiger partial charge >= 0.3 is 0 Å². The zero-order valence-corrected chi connectivity index (χ0v) is 13.5. The highest BCUT2D eigenvalue weighted by Crippen LogP contribution is 2.31. The van der Waals surface area contributed by atoms with E-state index in [0.717, 1.165) is 24.3 Å². The lowest BCUT2D eigenvalue weighted by molar-refractivity contribution is 0.280. The van der Waals surface area contributed by atoms with Crippen LogP contribution in [0, 0.1) is 6.92 Å². The first-order valence-electron chi connectivity index (χ1n) is 8.39. The van der Waals surface area contributed by atoms with Crippen LogP contribution in [0.1, 0.15) is 42.3 Å². The van der Waals surface area contributed by atoms with Gasteiger partial charge in [-0.15, -0.1) is 0 Å². The normalized spacial score (nSPS) is 15.0. The first kappa shape index (κ1) is 14.4. The molecule has 0 bridgehead atoms. The predicted molar refractivity (Wildman–Crippen MR) is 92.1 cm³/mol. The molecule has 0 amide bonds. The number of nitrogens with zero attached hydrogens (tertiary/aromatic N) is 3. The summed E-state index contributed by atoms with van der Waals surface area (Å²) in [6, 6.07) is 13.3. The van der Waals surface area contributed by atoms with Gasteiger partial charge in [-0.05, 0) is 49.9 Å². The molecule has 1 saturated carbocycles. The van der Waals surface area contributed by atoms with Crippen molar-refractivity contribution >= 4 is 10.9 Å². The molecule has 2 heterocycles. The molecule has 1 fully saturated rings. The first-order chi connectivity index (χ1) is 11.3. The van der Waals surface area contributed by atoms with E-state index in [0.29, 0.717) is 6.04 Å². The molecule has 1 aliphatic carbocycles. The number of aryl methyl sites for hydroxylation is 1. The van der Waals surface area contributed by atoms with Gasteiger partial charge in [-0.25, -0.2) is 0 Å². The summed E-state index contributed by atoms with van der Waals surface area (Å²) in [5.41, 5.74) is 4.71. The lowest BCUT2D eigenvalue weighted by Crippen LogP contribution is -2.23. The molecule has 1 aromatic carbocycles. The van der Waals surface area contributed by atoms with Crippen molar-refractivity contribution in [3.63, 3.8) is 0 Å². The van der Waals surface area contributed by atoms with E-state index in [9.17, 15) is 0 Å². The molecule has 2 aromatic heterocycles. The minimum atomic E-state index is 0.617. The maximum atomic E-state index is 4.70. The van der Waals surface area contributed by atoms with Crippen LogP contribution in [-0.4, -0.2) is 14.8 Å². The second-order valence-corrected chi connectivity index (χ2v) is 6.38. The van der Waals surface area contributed by atoms with Crippen LogP contribution in [0.4, 0.5) is 0 Å². The Balaban J connectivity index is 1.45. The number of hydrogen-bond donors (Lipinski definition) is 1. The van der Waals surface area contributed by atoms with Crippen LogP contribution >= 0.6 is 0 Å². The highest BCUT2D eigenvalue weighted by molar-refractivity contribution is 5.79. The van der Waals surface area contributed by atoms with Gasteiger partial charge in [0.1, 0.15) is 0 Å². The molecule has 1 N–H and O–H groups in total. The topological polar surface area (TPSA) is 42.7 Å². The molecule has 0 radical (unpaired) electrons. The molecule has 1 aliphatic rings. The summed E-state index contributed by atoms with van der Waals surface area (Å²) in [6.07, 6.45) is 5.78. The third kappa shape index (κ3) is 2.86. The van der Waals surface area contributed by atoms with Gasteiger partial charge in [0.2, 0.25) is 0 Å². The van der Waals surface area contributed by atoms with Gasteiger partial charge in [-0.1, -0.05) is 18.2 Å². The number of aromatic nitrogens is 3. The summed E-state index contributed by atoms with van der Waals surface area (Å²) >= 11 is 0. The van der Waals surface area contributed by atoms with Crippen molar-refractivity contribution in [1.29, 1.82) is 0 Å². The van der Waals surface area contributed by atoms with Crippen LogP contribution in [-0.2, 0) is 13.1 Å². The van der Waals surface area contributed by atoms with Crippen LogP contribution in [0.2, 0.25) is 0 Å². The fraction of sp³-hybridized carbons (Fsp3) is 0.368. The monoisotopic (exact) mass is 306 g/mol. The van der Waals surface area contributed by atoms with Crippen LogP contribution in [0.3, 0.4) is 0 Å². The highest BCUT2D eigenvalue weighted by atomic mass is 15.3. The molecule has 3 aromatic rings. The van der Waals surface area contributed by atoms with Gasteiger partial charge in [0.05, 0.1) is 17.3 Å². The Hall–Kier alpha value is -2.20. The van der Waals surface area contributed by atoms with E-state index in [1.54, 1.807) is 0 Å². The molecular weight excluding hydrogens is 284 g/mol. The lowest BCUT2D eigenvalue weighted by Gasteiger charge is -2.27. The van der Waals surface area contributed by atoms with Crippen LogP contribution in [0.5, 0.6) is 0 Å². The summed E-state index contributed by atoms with van der Waals surface area (Å²) in [6.45, 7) is 3.77. The predicted octanol–water partition coefficient (Wildman–Crippen LogP) is 3.75. The summed E-state index contributed by atoms with van der Waals surface area (Å²) in [5.74, 6) is 0. The minimum Gasteiger partial charge on any atom is -0.307 e. The zero-order valence-electron chi connectivity index (χ0n) is 13.5. The fourth-order valence-electron chi connectivity index (χ4n) is 3.20. The molecule has 4 heteroatoms. The van der Waals surface area contributed by atoms with Crippen LogP contribution < -0.4 is 5.32 Å². The van der Waals surface area contributed by atoms with E-state index in [-0.39, 0.29) is 0 Å². The number of hydrogen-bond acceptors (Lipinski definition) is 3. The molecule has 4 nitrogen and oxygen atoms in total. The Morgan fingerprint density at radius 2 is 2.04 bits per heavy atom. The second kappa shape index (κ2) is 6.13. The van der Waals surface area contributed by atoms with Gasteiger partial charge in [0.15, 0.2) is 0 Å². The largest absolute Gasteiger partial charge is 0.307 e. The van der Waals surface area contributed by atoms with Crippen molar-refractivity contribution in [2.24, 2.45) is 0 Å². The van der Waals surface area contributed by atoms with Crippen molar-refractivity contribution in [1.82, 2.24) is 20.1 Å². The van der Waals surface area contributed by atoms with Crippen molar-refractivity contribution < 1.29 is 0 Å². The highest BCUT2D eigenvalue weighted by Gasteiger charge is 2.21. The molecule has 0 atom stereocenters. The van der Waals surface area contributed by atoms with E-state index >= 15 is 0 Å². The number of fused-ring (bicyclic) bond motifs is 1. The van der Waals surface area contributed by atoms with Crippen molar-refractivity contribution in [2.45, 2.75) is 45.3 Å². The molecule has 4 rings (SSSR count). The Kier molecular flexibility index (Phi) is 3.83. The maximum Gasteiger partial charge on any atom is 0.0705 e. The molecule has 0 spiro atoms. The van der Waals surface area contributed by atoms with E-state index in [1.807, 2.05) is 12.3 Å². The third-order valence-corrected chi connectivity index (χ3v) is 4.81. The van der Waals surface area contributed by atoms with E-state index in [1.165, 1.54) is 35.9 Å². The zero-order chi connectivity index (χ0) is 15.6. The summed E-state index contributed by atoms with van der Waals surface area (Å²) in [5, 5.41) is 9.24. The van der Waals surface area contributed by atoms with Gasteiger partial charge < -0.3 is 5.32 Å². The number of para-hydroxylation sites is 1. The second-order valence-electron chi connectivity index (χ2n) is 6.38. The number of nitrogens with one attached hydrogen (secondary N) is 1. The average molecular weight is 306 g/mol. The molecule has 0 unspecified atom stereocenters. The maximum absolute atomic E-state index is 4.70. The number of rotatable bonds is 5. The number of benzene rings is 1. The van der Waals surface area contributed by atoms with Crippen molar-refractivity contribution in [2.75, 3.05) is 0 Å². The van der Waals surface area contributed by atoms with Gasteiger partial charge in [-0.2, -0.15) is 5.10 Å². The van der Waals surface area contributed by atoms with Gasteiger partial charge in [0, 0.05) is 30.4 Å². The summed E-state index contributed by atoms with van der Waals surface area (Å²) in [4.78, 5) is 4.70. The van der Waals surface area contributed by atoms with E-state index < -0.39 is 0 Å². The van der Waals surface area contributed by atoms with Gasteiger partial charge in [0.25, 0.3) is 0 Å². The van der Waals surface area contributed by atoms with E-state index in [2.05, 4.69) is 52.4 Å². The third-order valence-electron chi connectivity index (χ3n) is 4.81. The SMILES string of the molecule is Cc1nc2ccccc2cc1CNCc1ccnn1C1CCC1.